The topological polar surface area (TPSA) is 63.3 Å². The van der Waals surface area contributed by atoms with Gasteiger partial charge in [0.05, 0.1) is 14.2 Å². The third kappa shape index (κ3) is 3.83. The van der Waals surface area contributed by atoms with Crippen molar-refractivity contribution in [3.05, 3.63) is 65.9 Å². The second-order valence-electron chi connectivity index (χ2n) is 5.53. The van der Waals surface area contributed by atoms with Gasteiger partial charge in [-0.3, -0.25) is 4.79 Å². The molecule has 2 N–H and O–H groups in total. The van der Waals surface area contributed by atoms with E-state index in [0.717, 1.165) is 22.0 Å². The summed E-state index contributed by atoms with van der Waals surface area (Å²) in [6.45, 7) is 0.414. The number of rotatable bonds is 6. The van der Waals surface area contributed by atoms with Crippen molar-refractivity contribution in [1.29, 1.82) is 0 Å². The minimum Gasteiger partial charge on any atom is -0.493 e. The van der Waals surface area contributed by atoms with E-state index in [2.05, 4.69) is 10.3 Å². The number of para-hydroxylation sites is 1. The monoisotopic (exact) mass is 336 g/mol. The third-order valence-electron chi connectivity index (χ3n) is 3.95. The molecule has 0 spiro atoms. The molecule has 0 unspecified atom stereocenters. The molecule has 0 radical (unpaired) electrons. The number of carbonyl (C=O) groups excluding carboxylic acids is 1. The maximum absolute atomic E-state index is 12.1. The van der Waals surface area contributed by atoms with Crippen molar-refractivity contribution in [3.8, 4) is 11.5 Å². The largest absolute Gasteiger partial charge is 0.493 e. The zero-order valence-electron chi connectivity index (χ0n) is 14.2. The number of H-pyrrole nitrogens is 1. The Kier molecular flexibility index (Phi) is 5.04. The Bertz CT molecular complexity index is 912. The number of hydrogen-bond acceptors (Lipinski definition) is 3. The van der Waals surface area contributed by atoms with Crippen molar-refractivity contribution < 1.29 is 14.3 Å². The summed E-state index contributed by atoms with van der Waals surface area (Å²) in [5.41, 5.74) is 2.97. The van der Waals surface area contributed by atoms with Crippen molar-refractivity contribution in [2.45, 2.75) is 6.54 Å². The molecule has 1 amide bonds. The molecular weight excluding hydrogens is 316 g/mol. The van der Waals surface area contributed by atoms with Crippen molar-refractivity contribution in [2.75, 3.05) is 14.2 Å². The van der Waals surface area contributed by atoms with E-state index in [9.17, 15) is 4.79 Å². The average Bonchev–Trinajstić information content (AvgIpc) is 3.07. The number of fused-ring (bicyclic) bond motifs is 1. The zero-order valence-corrected chi connectivity index (χ0v) is 14.2. The van der Waals surface area contributed by atoms with E-state index in [1.54, 1.807) is 14.2 Å². The van der Waals surface area contributed by atoms with Crippen LogP contribution >= 0.6 is 0 Å². The minimum absolute atomic E-state index is 0.153. The molecule has 128 valence electrons. The Morgan fingerprint density at radius 3 is 2.72 bits per heavy atom. The number of carbonyl (C=O) groups is 1. The van der Waals surface area contributed by atoms with Crippen molar-refractivity contribution in [3.63, 3.8) is 0 Å². The standard InChI is InChI=1S/C20H20N2O3/c1-24-18-9-7-14(11-19(18)25-2)12-22-20(23)10-8-15-13-21-17-6-4-3-5-16(15)17/h3-11,13,21H,12H2,1-2H3,(H,22,23)/b10-8+. The third-order valence-corrected chi connectivity index (χ3v) is 3.95. The smallest absolute Gasteiger partial charge is 0.244 e. The Balaban J connectivity index is 1.63. The van der Waals surface area contributed by atoms with E-state index in [4.69, 9.17) is 9.47 Å². The highest BCUT2D eigenvalue weighted by atomic mass is 16.5. The Morgan fingerprint density at radius 1 is 1.12 bits per heavy atom. The van der Waals surface area contributed by atoms with Gasteiger partial charge >= 0.3 is 0 Å². The summed E-state index contributed by atoms with van der Waals surface area (Å²) in [5.74, 6) is 1.15. The number of aromatic amines is 1. The van der Waals surface area contributed by atoms with Crippen molar-refractivity contribution >= 4 is 22.9 Å². The van der Waals surface area contributed by atoms with Crippen LogP contribution in [0.25, 0.3) is 17.0 Å². The average molecular weight is 336 g/mol. The number of amides is 1. The predicted octanol–water partition coefficient (Wildman–Crippen LogP) is 3.51. The van der Waals surface area contributed by atoms with Gasteiger partial charge in [-0.25, -0.2) is 0 Å². The SMILES string of the molecule is COc1ccc(CNC(=O)/C=C/c2c[nH]c3ccccc23)cc1OC. The maximum atomic E-state index is 12.1. The van der Waals surface area contributed by atoms with E-state index in [1.807, 2.05) is 54.7 Å². The summed E-state index contributed by atoms with van der Waals surface area (Å²) in [6.07, 6.45) is 5.24. The fourth-order valence-corrected chi connectivity index (χ4v) is 2.64. The van der Waals surface area contributed by atoms with Crippen LogP contribution in [-0.2, 0) is 11.3 Å². The number of methoxy groups -OCH3 is 2. The predicted molar refractivity (Wildman–Crippen MR) is 98.7 cm³/mol. The first kappa shape index (κ1) is 16.6. The summed E-state index contributed by atoms with van der Waals surface area (Å²) in [5, 5.41) is 3.96. The molecule has 5 heteroatoms. The van der Waals surface area contributed by atoms with Crippen molar-refractivity contribution in [2.24, 2.45) is 0 Å². The Morgan fingerprint density at radius 2 is 1.92 bits per heavy atom. The molecule has 25 heavy (non-hydrogen) atoms. The summed E-state index contributed by atoms with van der Waals surface area (Å²) in [6, 6.07) is 13.5. The molecule has 2 aromatic carbocycles. The van der Waals surface area contributed by atoms with Crippen LogP contribution in [-0.4, -0.2) is 25.1 Å². The van der Waals surface area contributed by atoms with E-state index < -0.39 is 0 Å². The van der Waals surface area contributed by atoms with Gasteiger partial charge in [0, 0.05) is 29.7 Å². The molecule has 0 aliphatic carbocycles. The van der Waals surface area contributed by atoms with Gasteiger partial charge in [-0.2, -0.15) is 0 Å². The molecule has 0 aliphatic heterocycles. The molecular formula is C20H20N2O3. The van der Waals surface area contributed by atoms with Gasteiger partial charge in [0.1, 0.15) is 0 Å². The lowest BCUT2D eigenvalue weighted by Crippen LogP contribution is -2.20. The van der Waals surface area contributed by atoms with Gasteiger partial charge in [0.2, 0.25) is 5.91 Å². The van der Waals surface area contributed by atoms with Crippen LogP contribution in [0.5, 0.6) is 11.5 Å². The molecule has 5 nitrogen and oxygen atoms in total. The van der Waals surface area contributed by atoms with E-state index in [-0.39, 0.29) is 5.91 Å². The molecule has 1 heterocycles. The fourth-order valence-electron chi connectivity index (χ4n) is 2.64. The highest BCUT2D eigenvalue weighted by Gasteiger charge is 2.05. The molecule has 0 fully saturated rings. The fraction of sp³-hybridized carbons (Fsp3) is 0.150. The molecule has 0 atom stereocenters. The van der Waals surface area contributed by atoms with Crippen molar-refractivity contribution in [1.82, 2.24) is 10.3 Å². The van der Waals surface area contributed by atoms with Crippen LogP contribution in [0, 0.1) is 0 Å². The second kappa shape index (κ2) is 7.57. The lowest BCUT2D eigenvalue weighted by molar-refractivity contribution is -0.116. The lowest BCUT2D eigenvalue weighted by Gasteiger charge is -2.09. The summed E-state index contributed by atoms with van der Waals surface area (Å²) in [4.78, 5) is 15.2. The van der Waals surface area contributed by atoms with Gasteiger partial charge in [0.25, 0.3) is 0 Å². The normalized spacial score (nSPS) is 11.0. The molecule has 0 saturated carbocycles. The number of aromatic nitrogens is 1. The second-order valence-corrected chi connectivity index (χ2v) is 5.53. The molecule has 0 aliphatic rings. The lowest BCUT2D eigenvalue weighted by atomic mass is 10.1. The van der Waals surface area contributed by atoms with Crippen LogP contribution < -0.4 is 14.8 Å². The minimum atomic E-state index is -0.153. The van der Waals surface area contributed by atoms with Gasteiger partial charge in [-0.05, 0) is 35.4 Å². The molecule has 0 saturated heterocycles. The van der Waals surface area contributed by atoms with Crippen LogP contribution in [0.15, 0.2) is 54.7 Å². The van der Waals surface area contributed by atoms with Gasteiger partial charge in [-0.1, -0.05) is 24.3 Å². The van der Waals surface area contributed by atoms with Crippen LogP contribution in [0.4, 0.5) is 0 Å². The highest BCUT2D eigenvalue weighted by molar-refractivity contribution is 5.96. The van der Waals surface area contributed by atoms with E-state index >= 15 is 0 Å². The summed E-state index contributed by atoms with van der Waals surface area (Å²) < 4.78 is 10.5. The first-order valence-electron chi connectivity index (χ1n) is 7.94. The molecule has 0 bridgehead atoms. The number of nitrogens with one attached hydrogen (secondary N) is 2. The van der Waals surface area contributed by atoms with Crippen LogP contribution in [0.1, 0.15) is 11.1 Å². The van der Waals surface area contributed by atoms with Gasteiger partial charge < -0.3 is 19.8 Å². The first-order valence-corrected chi connectivity index (χ1v) is 7.94. The first-order chi connectivity index (χ1) is 12.2. The Labute approximate surface area is 146 Å². The Hall–Kier alpha value is -3.21. The zero-order chi connectivity index (χ0) is 17.6. The van der Waals surface area contributed by atoms with E-state index in [0.29, 0.717) is 18.0 Å². The van der Waals surface area contributed by atoms with Gasteiger partial charge in [0.15, 0.2) is 11.5 Å². The number of ether oxygens (including phenoxy) is 2. The van der Waals surface area contributed by atoms with Crippen LogP contribution in [0.3, 0.4) is 0 Å². The molecule has 1 aromatic heterocycles. The maximum Gasteiger partial charge on any atom is 0.244 e. The number of benzene rings is 2. The quantitative estimate of drug-likeness (QED) is 0.677. The van der Waals surface area contributed by atoms with Gasteiger partial charge in [-0.15, -0.1) is 0 Å². The van der Waals surface area contributed by atoms with E-state index in [1.165, 1.54) is 6.08 Å². The molecule has 3 rings (SSSR count). The van der Waals surface area contributed by atoms with Crippen LogP contribution in [0.2, 0.25) is 0 Å². The number of hydrogen-bond donors (Lipinski definition) is 2. The molecule has 3 aromatic rings. The summed E-state index contributed by atoms with van der Waals surface area (Å²) in [7, 11) is 3.18. The summed E-state index contributed by atoms with van der Waals surface area (Å²) >= 11 is 0. The highest BCUT2D eigenvalue weighted by Crippen LogP contribution is 2.27.